The number of terminal acetylenes is 1. The molecule has 4 saturated heterocycles. The number of hydrogen-bond donors (Lipinski definition) is 1. The van der Waals surface area contributed by atoms with Crippen molar-refractivity contribution in [3.05, 3.63) is 47.8 Å². The summed E-state index contributed by atoms with van der Waals surface area (Å²) in [5, 5.41) is 3.65. The molecule has 6 heterocycles. The van der Waals surface area contributed by atoms with Gasteiger partial charge in [-0.3, -0.25) is 4.90 Å². The summed E-state index contributed by atoms with van der Waals surface area (Å²) in [7, 11) is 33.2. The van der Waals surface area contributed by atoms with Gasteiger partial charge >= 0.3 is 0 Å². The van der Waals surface area contributed by atoms with E-state index < -0.39 is 8.07 Å². The van der Waals surface area contributed by atoms with Gasteiger partial charge in [0.05, 0.1) is 0 Å². The summed E-state index contributed by atoms with van der Waals surface area (Å²) in [6.07, 6.45) is 14.3. The minimum absolute atomic E-state index is 0. The lowest BCUT2D eigenvalue weighted by atomic mass is 10.1. The molecule has 4 bridgehead atoms. The molecule has 6 rings (SSSR count). The van der Waals surface area contributed by atoms with Crippen molar-refractivity contribution in [1.29, 1.82) is 0 Å². The molecular formula is C32H45ClN6S22Si. The minimum atomic E-state index is -1.30. The van der Waals surface area contributed by atoms with Crippen LogP contribution in [0.4, 0.5) is 11.6 Å². The Kier molecular flexibility index (Phi) is 32.7. The minimum Gasteiger partial charge on any atom is -0.353 e. The first-order chi connectivity index (χ1) is 29.6. The summed E-state index contributed by atoms with van der Waals surface area (Å²) >= 11 is 9.53. The van der Waals surface area contributed by atoms with E-state index in [1.54, 1.807) is 166 Å². The number of nitrogens with zero attached hydrogens (tertiary/aromatic N) is 5. The van der Waals surface area contributed by atoms with Gasteiger partial charge in [0.1, 0.15) is 19.7 Å². The van der Waals surface area contributed by atoms with Crippen LogP contribution in [0.1, 0.15) is 50.7 Å². The van der Waals surface area contributed by atoms with E-state index >= 15 is 0 Å². The van der Waals surface area contributed by atoms with Crippen molar-refractivity contribution in [3.63, 3.8) is 0 Å². The largest absolute Gasteiger partial charge is 0.353 e. The number of halogens is 1. The topological polar surface area (TPSA) is 47.5 Å². The van der Waals surface area contributed by atoms with E-state index in [1.807, 2.05) is 12.3 Å². The predicted octanol–water partition coefficient (Wildman–Crippen LogP) is 4.74. The lowest BCUT2D eigenvalue weighted by Gasteiger charge is -2.43. The normalized spacial score (nSPS) is 19.0. The van der Waals surface area contributed by atoms with E-state index in [4.69, 9.17) is 28.8 Å². The molecule has 30 heteroatoms. The zero-order valence-electron chi connectivity index (χ0n) is 33.7. The lowest BCUT2D eigenvalue weighted by Crippen LogP contribution is -2.56. The van der Waals surface area contributed by atoms with Crippen LogP contribution >= 0.6 is 12.4 Å². The van der Waals surface area contributed by atoms with Gasteiger partial charge in [-0.05, 0) is 63.8 Å². The highest BCUT2D eigenvalue weighted by molar-refractivity contribution is 8.78. The van der Waals surface area contributed by atoms with Crippen LogP contribution in [0.25, 0.3) is 0 Å². The molecule has 0 spiro atoms. The van der Waals surface area contributed by atoms with E-state index in [0.29, 0.717) is 30.2 Å². The quantitative estimate of drug-likeness (QED) is 0.350. The first kappa shape index (κ1) is 58.6. The second-order valence-electron chi connectivity index (χ2n) is 14.2. The van der Waals surface area contributed by atoms with E-state index in [9.17, 15) is 0 Å². The van der Waals surface area contributed by atoms with Crippen LogP contribution in [0.15, 0.2) is 36.7 Å². The molecule has 0 aliphatic carbocycles. The first-order valence-corrected chi connectivity index (χ1v) is 49.6. The van der Waals surface area contributed by atoms with Gasteiger partial charge < -0.3 is 15.1 Å². The van der Waals surface area contributed by atoms with Crippen molar-refractivity contribution in [2.45, 2.75) is 89.4 Å². The monoisotopic (exact) mass is 1280 g/mol. The van der Waals surface area contributed by atoms with E-state index in [-0.39, 0.29) is 12.4 Å². The number of hydrogen-bond acceptors (Lipinski definition) is 8. The van der Waals surface area contributed by atoms with Gasteiger partial charge in [0, 0.05) is 280 Å². The SMILES string of the molecule is C#Cc1ccc(N2CC3CCC(C2)N3C(C)C)nc1.C[Si](C)(C)C#Cc1ccc(N2CC3CCC(C2)N3)nc1.Cl.S=S=S=S=S=S=S=S=S=S=S=S=S=S=S=S=S=S=S=S=S=S. The Hall–Kier alpha value is 2.29. The zero-order valence-corrected chi connectivity index (χ0v) is 53.5. The third-order valence-corrected chi connectivity index (χ3v) is 51.9. The Balaban J connectivity index is 0.000000246. The summed E-state index contributed by atoms with van der Waals surface area (Å²) in [4.78, 5) is 16.6. The number of pyridine rings is 2. The number of nitrogens with one attached hydrogen (secondary N) is 1. The third-order valence-electron chi connectivity index (χ3n) is 8.77. The van der Waals surface area contributed by atoms with Gasteiger partial charge in [-0.15, -0.1) is 24.4 Å². The molecule has 4 aliphatic rings. The summed E-state index contributed by atoms with van der Waals surface area (Å²) in [5.41, 5.74) is 5.28. The molecular weight excluding hydrogens is 1240 g/mol. The molecule has 4 aliphatic heterocycles. The van der Waals surface area contributed by atoms with Crippen molar-refractivity contribution < 1.29 is 0 Å². The smallest absolute Gasteiger partial charge is 0.129 e. The fourth-order valence-electron chi connectivity index (χ4n) is 6.72. The molecule has 0 radical (unpaired) electrons. The molecule has 1 N–H and O–H groups in total. The summed E-state index contributed by atoms with van der Waals surface area (Å²) in [5.74, 6) is 8.05. The van der Waals surface area contributed by atoms with Crippen LogP contribution in [-0.2, 0) is 200 Å². The summed E-state index contributed by atoms with van der Waals surface area (Å²) in [6.45, 7) is 15.8. The van der Waals surface area contributed by atoms with Crippen LogP contribution in [0.2, 0.25) is 19.6 Å². The fraction of sp³-hybridized carbons (Fsp3) is 0.562. The van der Waals surface area contributed by atoms with Crippen LogP contribution < -0.4 is 15.1 Å². The van der Waals surface area contributed by atoms with Crippen LogP contribution in [-0.4, -0.2) is 79.3 Å². The summed E-state index contributed by atoms with van der Waals surface area (Å²) in [6, 6.07) is 11.6. The number of anilines is 2. The van der Waals surface area contributed by atoms with Gasteiger partial charge in [0.2, 0.25) is 0 Å². The van der Waals surface area contributed by atoms with Crippen molar-refractivity contribution in [2.24, 2.45) is 0 Å². The molecule has 346 valence electrons. The molecule has 2 aromatic heterocycles. The molecule has 0 aromatic carbocycles. The Morgan fingerprint density at radius 1 is 0.613 bits per heavy atom. The molecule has 6 nitrogen and oxygen atoms in total. The predicted molar refractivity (Wildman–Crippen MR) is 334 cm³/mol. The van der Waals surface area contributed by atoms with Gasteiger partial charge in [0.15, 0.2) is 0 Å². The second-order valence-corrected chi connectivity index (χ2v) is 54.3. The van der Waals surface area contributed by atoms with Gasteiger partial charge in [-0.1, -0.05) is 31.5 Å². The average Bonchev–Trinajstić information content (AvgIpc) is 3.75. The van der Waals surface area contributed by atoms with Gasteiger partial charge in [-0.2, -0.15) is 0 Å². The van der Waals surface area contributed by atoms with Gasteiger partial charge in [0.25, 0.3) is 0 Å². The first-order valence-electron chi connectivity index (χ1n) is 18.1. The Morgan fingerprint density at radius 2 is 1.00 bits per heavy atom. The maximum Gasteiger partial charge on any atom is 0.129 e. The van der Waals surface area contributed by atoms with Crippen LogP contribution in [0.3, 0.4) is 0 Å². The lowest BCUT2D eigenvalue weighted by molar-refractivity contribution is 0.129. The van der Waals surface area contributed by atoms with Gasteiger partial charge in [-0.25, -0.2) is 9.97 Å². The van der Waals surface area contributed by atoms with Crippen molar-refractivity contribution >= 4 is 232 Å². The maximum atomic E-state index is 5.37. The highest BCUT2D eigenvalue weighted by Crippen LogP contribution is 2.33. The van der Waals surface area contributed by atoms with E-state index in [0.717, 1.165) is 48.9 Å². The Labute approximate surface area is 442 Å². The maximum absolute atomic E-state index is 5.37. The molecule has 62 heavy (non-hydrogen) atoms. The number of fused-ring (bicyclic) bond motifs is 4. The van der Waals surface area contributed by atoms with Crippen molar-refractivity contribution in [3.8, 4) is 23.8 Å². The van der Waals surface area contributed by atoms with Crippen LogP contribution in [0, 0.1) is 23.8 Å². The van der Waals surface area contributed by atoms with Crippen LogP contribution in [0.5, 0.6) is 0 Å². The van der Waals surface area contributed by atoms with E-state index in [1.165, 1.54) is 43.4 Å². The fourth-order valence-corrected chi connectivity index (χ4v) is 56.6. The molecule has 0 amide bonds. The number of piperazine rings is 2. The standard InChI is InChI=1S/C16H23N3Si.C16H21N3.ClH.S22/c1-20(2,3)9-8-13-4-7-16(17-10-13)19-11-14-5-6-15(12-19)18-14;1-4-13-5-8-16(17-9-13)18-10-14-6-7-15(11-18)19(14)12(2)3;;1-3-5-7-9-11-13-15-17-19-21-22-20-18-16-14-12-10-8-6-4-2/h4,7,10,14-15,18H,5-6,11-12H2,1-3H3;1,5,8-9,12,14-15H,6-7,10-11H2,2-3H3;1H;. The zero-order chi connectivity index (χ0) is 43.7. The molecule has 0 saturated carbocycles. The highest BCUT2D eigenvalue weighted by atomic mass is 35.5. The molecule has 2 aromatic rings. The average molecular weight is 1280 g/mol. The summed E-state index contributed by atoms with van der Waals surface area (Å²) < 4.78 is 0. The Bertz CT molecular complexity index is 2740. The molecule has 4 atom stereocenters. The number of rotatable bonds is 3. The van der Waals surface area contributed by atoms with Crippen molar-refractivity contribution in [1.82, 2.24) is 20.2 Å². The van der Waals surface area contributed by atoms with Crippen molar-refractivity contribution in [2.75, 3.05) is 36.0 Å². The Morgan fingerprint density at radius 3 is 1.34 bits per heavy atom. The molecule has 4 fully saturated rings. The third kappa shape index (κ3) is 23.7. The van der Waals surface area contributed by atoms with E-state index in [2.05, 4.69) is 99.1 Å². The number of aromatic nitrogens is 2. The highest BCUT2D eigenvalue weighted by Gasteiger charge is 2.41. The molecule has 4 unspecified atom stereocenters. The second kappa shape index (κ2) is 34.6.